The third kappa shape index (κ3) is 6.89. The molecule has 0 aliphatic rings. The van der Waals surface area contributed by atoms with Crippen LogP contribution in [0.2, 0.25) is 0 Å². The number of nitrogens with one attached hydrogen (secondary N) is 2. The third-order valence-corrected chi connectivity index (χ3v) is 2.92. The van der Waals surface area contributed by atoms with Crippen LogP contribution >= 0.6 is 0 Å². The molecule has 1 amide bonds. The minimum Gasteiger partial charge on any atom is -0.497 e. The van der Waals surface area contributed by atoms with Gasteiger partial charge in [0.1, 0.15) is 5.75 Å². The number of anilines is 1. The number of amides is 1. The Morgan fingerprint density at radius 3 is 2.68 bits per heavy atom. The van der Waals surface area contributed by atoms with Gasteiger partial charge in [0, 0.05) is 31.5 Å². The molecule has 0 aromatic heterocycles. The zero-order chi connectivity index (χ0) is 16.4. The lowest BCUT2D eigenvalue weighted by Gasteiger charge is -2.18. The van der Waals surface area contributed by atoms with Crippen LogP contribution in [0.4, 0.5) is 5.69 Å². The Morgan fingerprint density at radius 2 is 2.05 bits per heavy atom. The average molecular weight is 310 g/mol. The largest absolute Gasteiger partial charge is 0.497 e. The number of carbonyl (C=O) groups excluding carboxylic acids is 1. The minimum atomic E-state index is -0.648. The molecule has 0 heterocycles. The maximum atomic E-state index is 12.3. The van der Waals surface area contributed by atoms with Crippen molar-refractivity contribution in [2.75, 3.05) is 39.3 Å². The van der Waals surface area contributed by atoms with Crippen LogP contribution in [-0.2, 0) is 14.3 Å². The van der Waals surface area contributed by atoms with Crippen LogP contribution in [0.5, 0.6) is 5.75 Å². The molecule has 0 saturated carbocycles. The molecule has 0 saturated heterocycles. The second kappa shape index (κ2) is 10.2. The summed E-state index contributed by atoms with van der Waals surface area (Å²) < 4.78 is 15.8. The zero-order valence-corrected chi connectivity index (χ0v) is 13.7. The highest BCUT2D eigenvalue weighted by Crippen LogP contribution is 2.17. The summed E-state index contributed by atoms with van der Waals surface area (Å²) in [6.07, 6.45) is -0.648. The maximum Gasteiger partial charge on any atom is 0.255 e. The Kier molecular flexibility index (Phi) is 8.50. The van der Waals surface area contributed by atoms with E-state index in [-0.39, 0.29) is 12.5 Å². The van der Waals surface area contributed by atoms with Gasteiger partial charge in [-0.2, -0.15) is 0 Å². The fourth-order valence-electron chi connectivity index (χ4n) is 1.82. The van der Waals surface area contributed by atoms with E-state index in [1.165, 1.54) is 0 Å². The molecule has 0 aliphatic carbocycles. The first kappa shape index (κ1) is 18.4. The topological polar surface area (TPSA) is 68.8 Å². The highest BCUT2D eigenvalue weighted by molar-refractivity contribution is 5.94. The fourth-order valence-corrected chi connectivity index (χ4v) is 1.82. The van der Waals surface area contributed by atoms with E-state index in [1.807, 2.05) is 12.1 Å². The molecule has 1 rings (SSSR count). The first-order valence-corrected chi connectivity index (χ1v) is 7.35. The molecule has 1 aromatic carbocycles. The highest BCUT2D eigenvalue weighted by atomic mass is 16.5. The first-order chi connectivity index (χ1) is 10.6. The lowest BCUT2D eigenvalue weighted by molar-refractivity contribution is -0.130. The maximum absolute atomic E-state index is 12.3. The molecular weight excluding hydrogens is 284 g/mol. The molecule has 0 bridgehead atoms. The van der Waals surface area contributed by atoms with E-state index in [0.29, 0.717) is 30.6 Å². The van der Waals surface area contributed by atoms with E-state index < -0.39 is 6.10 Å². The number of methoxy groups -OCH3 is 2. The Labute approximate surface area is 132 Å². The predicted octanol–water partition coefficient (Wildman–Crippen LogP) is 1.66. The van der Waals surface area contributed by atoms with Crippen LogP contribution in [0.15, 0.2) is 24.3 Å². The third-order valence-electron chi connectivity index (χ3n) is 2.92. The van der Waals surface area contributed by atoms with Gasteiger partial charge < -0.3 is 24.8 Å². The molecule has 0 spiro atoms. The van der Waals surface area contributed by atoms with E-state index >= 15 is 0 Å². The summed E-state index contributed by atoms with van der Waals surface area (Å²) >= 11 is 0. The summed E-state index contributed by atoms with van der Waals surface area (Å²) in [5.74, 6) is 0.447. The van der Waals surface area contributed by atoms with Crippen LogP contribution in [0, 0.1) is 0 Å². The van der Waals surface area contributed by atoms with Gasteiger partial charge in [-0.1, -0.05) is 19.9 Å². The molecule has 1 atom stereocenters. The highest BCUT2D eigenvalue weighted by Gasteiger charge is 2.19. The van der Waals surface area contributed by atoms with Gasteiger partial charge in [0.2, 0.25) is 0 Å². The summed E-state index contributed by atoms with van der Waals surface area (Å²) in [6, 6.07) is 7.56. The van der Waals surface area contributed by atoms with E-state index in [9.17, 15) is 4.79 Å². The number of rotatable bonds is 10. The van der Waals surface area contributed by atoms with Crippen LogP contribution < -0.4 is 15.4 Å². The van der Waals surface area contributed by atoms with Crippen molar-refractivity contribution in [3.05, 3.63) is 24.3 Å². The summed E-state index contributed by atoms with van der Waals surface area (Å²) in [4.78, 5) is 12.3. The zero-order valence-electron chi connectivity index (χ0n) is 13.7. The molecule has 2 N–H and O–H groups in total. The summed E-state index contributed by atoms with van der Waals surface area (Å²) in [6.45, 7) is 5.45. The molecular formula is C16H26N2O4. The lowest BCUT2D eigenvalue weighted by atomic mass is 10.2. The predicted molar refractivity (Wildman–Crippen MR) is 86.4 cm³/mol. The Bertz CT molecular complexity index is 452. The smallest absolute Gasteiger partial charge is 0.255 e. The fraction of sp³-hybridized carbons (Fsp3) is 0.562. The van der Waals surface area contributed by atoms with E-state index in [0.717, 1.165) is 0 Å². The van der Waals surface area contributed by atoms with Crippen molar-refractivity contribution in [1.29, 1.82) is 0 Å². The van der Waals surface area contributed by atoms with Gasteiger partial charge in [-0.05, 0) is 12.1 Å². The molecule has 0 aliphatic heterocycles. The van der Waals surface area contributed by atoms with Gasteiger partial charge in [0.25, 0.3) is 5.91 Å². The Morgan fingerprint density at radius 1 is 1.27 bits per heavy atom. The minimum absolute atomic E-state index is 0.206. The van der Waals surface area contributed by atoms with Crippen molar-refractivity contribution in [1.82, 2.24) is 5.32 Å². The van der Waals surface area contributed by atoms with Gasteiger partial charge in [-0.15, -0.1) is 0 Å². The Hall–Kier alpha value is -1.63. The standard InChI is InChI=1S/C16H26N2O4/c1-12(2)17-8-9-22-15(11-20-3)16(19)18-13-6-5-7-14(10-13)21-4/h5-7,10,12,15,17H,8-9,11H2,1-4H3,(H,18,19). The van der Waals surface area contributed by atoms with Gasteiger partial charge in [-0.3, -0.25) is 4.79 Å². The summed E-state index contributed by atoms with van der Waals surface area (Å²) in [5.41, 5.74) is 0.661. The van der Waals surface area contributed by atoms with Crippen molar-refractivity contribution in [2.24, 2.45) is 0 Å². The molecule has 0 radical (unpaired) electrons. The van der Waals surface area contributed by atoms with Crippen molar-refractivity contribution in [3.8, 4) is 5.75 Å². The summed E-state index contributed by atoms with van der Waals surface area (Å²) in [5, 5.41) is 6.04. The molecule has 124 valence electrons. The van der Waals surface area contributed by atoms with Gasteiger partial charge in [0.15, 0.2) is 6.10 Å². The van der Waals surface area contributed by atoms with Gasteiger partial charge in [0.05, 0.1) is 20.3 Å². The molecule has 22 heavy (non-hydrogen) atoms. The normalized spacial score (nSPS) is 12.2. The van der Waals surface area contributed by atoms with Crippen molar-refractivity contribution in [3.63, 3.8) is 0 Å². The van der Waals surface area contributed by atoms with Gasteiger partial charge >= 0.3 is 0 Å². The van der Waals surface area contributed by atoms with Crippen molar-refractivity contribution in [2.45, 2.75) is 26.0 Å². The monoisotopic (exact) mass is 310 g/mol. The molecule has 0 fully saturated rings. The number of carbonyl (C=O) groups is 1. The number of hydrogen-bond donors (Lipinski definition) is 2. The van der Waals surface area contributed by atoms with Crippen molar-refractivity contribution >= 4 is 11.6 Å². The molecule has 6 nitrogen and oxygen atoms in total. The van der Waals surface area contributed by atoms with Crippen LogP contribution in [-0.4, -0.2) is 52.0 Å². The average Bonchev–Trinajstić information content (AvgIpc) is 2.50. The second-order valence-electron chi connectivity index (χ2n) is 5.14. The van der Waals surface area contributed by atoms with E-state index in [1.54, 1.807) is 26.4 Å². The summed E-state index contributed by atoms with van der Waals surface area (Å²) in [7, 11) is 3.13. The quantitative estimate of drug-likeness (QED) is 0.643. The van der Waals surface area contributed by atoms with Crippen molar-refractivity contribution < 1.29 is 19.0 Å². The lowest BCUT2D eigenvalue weighted by Crippen LogP contribution is -2.37. The van der Waals surface area contributed by atoms with Crippen LogP contribution in [0.3, 0.4) is 0 Å². The first-order valence-electron chi connectivity index (χ1n) is 7.35. The molecule has 1 aromatic rings. The van der Waals surface area contributed by atoms with Gasteiger partial charge in [-0.25, -0.2) is 0 Å². The second-order valence-corrected chi connectivity index (χ2v) is 5.14. The Balaban J connectivity index is 2.52. The molecule has 1 unspecified atom stereocenters. The number of ether oxygens (including phenoxy) is 3. The molecule has 6 heteroatoms. The SMILES string of the molecule is COCC(OCCNC(C)C)C(=O)Nc1cccc(OC)c1. The number of benzene rings is 1. The van der Waals surface area contributed by atoms with E-state index in [4.69, 9.17) is 14.2 Å². The number of hydrogen-bond acceptors (Lipinski definition) is 5. The van der Waals surface area contributed by atoms with Crippen LogP contribution in [0.1, 0.15) is 13.8 Å². The van der Waals surface area contributed by atoms with E-state index in [2.05, 4.69) is 24.5 Å². The van der Waals surface area contributed by atoms with Crippen LogP contribution in [0.25, 0.3) is 0 Å².